The molecule has 0 saturated carbocycles. The smallest absolute Gasteiger partial charge is 0.243 e. The molecular weight excluding hydrogens is 380 g/mol. The minimum absolute atomic E-state index is 0.0580. The lowest BCUT2D eigenvalue weighted by molar-refractivity contribution is -0.126. The fourth-order valence-corrected chi connectivity index (χ4v) is 4.13. The van der Waals surface area contributed by atoms with Crippen LogP contribution in [0.2, 0.25) is 5.02 Å². The molecule has 1 aromatic carbocycles. The maximum Gasteiger partial charge on any atom is 0.243 e. The molecule has 1 aliphatic heterocycles. The number of hydrogen-bond acceptors (Lipinski definition) is 5. The van der Waals surface area contributed by atoms with Gasteiger partial charge in [-0.15, -0.1) is 0 Å². The van der Waals surface area contributed by atoms with Gasteiger partial charge < -0.3 is 10.6 Å². The number of piperazine rings is 1. The highest BCUT2D eigenvalue weighted by Gasteiger charge is 2.29. The van der Waals surface area contributed by atoms with E-state index in [9.17, 15) is 18.0 Å². The van der Waals surface area contributed by atoms with Crippen molar-refractivity contribution in [2.45, 2.75) is 11.8 Å². The molecule has 0 radical (unpaired) electrons. The quantitative estimate of drug-likeness (QED) is 0.663. The van der Waals surface area contributed by atoms with Crippen molar-refractivity contribution < 1.29 is 18.0 Å². The number of halogens is 1. The number of hydrogen-bond donors (Lipinski definition) is 2. The number of amides is 2. The second kappa shape index (κ2) is 9.31. The van der Waals surface area contributed by atoms with Crippen LogP contribution >= 0.6 is 11.6 Å². The molecule has 0 atom stereocenters. The molecule has 0 aromatic heterocycles. The second-order valence-corrected chi connectivity index (χ2v) is 8.24. The van der Waals surface area contributed by atoms with E-state index in [0.29, 0.717) is 37.7 Å². The van der Waals surface area contributed by atoms with E-state index in [1.807, 2.05) is 4.90 Å². The number of nitrogens with one attached hydrogen (secondary N) is 2. The van der Waals surface area contributed by atoms with Crippen LogP contribution in [0.25, 0.3) is 0 Å². The predicted molar refractivity (Wildman–Crippen MR) is 98.3 cm³/mol. The van der Waals surface area contributed by atoms with E-state index in [0.717, 1.165) is 0 Å². The maximum absolute atomic E-state index is 12.6. The summed E-state index contributed by atoms with van der Waals surface area (Å²) in [6.07, 6.45) is 0. The van der Waals surface area contributed by atoms with Gasteiger partial charge in [-0.25, -0.2) is 8.42 Å². The summed E-state index contributed by atoms with van der Waals surface area (Å²) in [7, 11) is -3.56. The third-order valence-electron chi connectivity index (χ3n) is 3.97. The minimum atomic E-state index is -3.56. The van der Waals surface area contributed by atoms with Crippen LogP contribution in [-0.2, 0) is 19.6 Å². The van der Waals surface area contributed by atoms with Crippen molar-refractivity contribution in [1.29, 1.82) is 0 Å². The Morgan fingerprint density at radius 2 is 1.65 bits per heavy atom. The average Bonchev–Trinajstić information content (AvgIpc) is 2.61. The summed E-state index contributed by atoms with van der Waals surface area (Å²) in [5.41, 5.74) is 0. The summed E-state index contributed by atoms with van der Waals surface area (Å²) in [6.45, 7) is 3.88. The van der Waals surface area contributed by atoms with E-state index < -0.39 is 10.0 Å². The van der Waals surface area contributed by atoms with E-state index >= 15 is 0 Å². The van der Waals surface area contributed by atoms with Crippen LogP contribution in [-0.4, -0.2) is 75.3 Å². The lowest BCUT2D eigenvalue weighted by atomic mass is 10.3. The number of benzene rings is 1. The normalized spacial score (nSPS) is 16.2. The van der Waals surface area contributed by atoms with Gasteiger partial charge in [-0.3, -0.25) is 14.5 Å². The van der Waals surface area contributed by atoms with E-state index in [-0.39, 0.29) is 29.8 Å². The van der Waals surface area contributed by atoms with Crippen molar-refractivity contribution in [3.05, 3.63) is 29.3 Å². The lowest BCUT2D eigenvalue weighted by Crippen LogP contribution is -2.51. The van der Waals surface area contributed by atoms with Gasteiger partial charge in [0.15, 0.2) is 0 Å². The van der Waals surface area contributed by atoms with Crippen LogP contribution in [0, 0.1) is 0 Å². The first kappa shape index (κ1) is 20.6. The maximum atomic E-state index is 12.6. The van der Waals surface area contributed by atoms with Gasteiger partial charge in [0.05, 0.1) is 18.0 Å². The van der Waals surface area contributed by atoms with Gasteiger partial charge in [-0.05, 0) is 31.2 Å². The third-order valence-corrected chi connectivity index (χ3v) is 6.13. The van der Waals surface area contributed by atoms with Crippen LogP contribution in [0.4, 0.5) is 0 Å². The van der Waals surface area contributed by atoms with Crippen LogP contribution in [0.15, 0.2) is 29.2 Å². The van der Waals surface area contributed by atoms with Crippen molar-refractivity contribution in [2.24, 2.45) is 0 Å². The zero-order valence-corrected chi connectivity index (χ0v) is 16.1. The molecule has 2 N–H and O–H groups in total. The Morgan fingerprint density at radius 1 is 1.04 bits per heavy atom. The second-order valence-electron chi connectivity index (χ2n) is 5.86. The van der Waals surface area contributed by atoms with E-state index in [1.54, 1.807) is 19.1 Å². The first-order chi connectivity index (χ1) is 12.3. The van der Waals surface area contributed by atoms with Crippen molar-refractivity contribution in [1.82, 2.24) is 19.8 Å². The Kier molecular flexibility index (Phi) is 7.39. The first-order valence-corrected chi connectivity index (χ1v) is 10.2. The number of carbonyl (C=O) groups excluding carboxylic acids is 2. The number of likely N-dealkylation sites (N-methyl/N-ethyl adjacent to an activating group) is 1. The van der Waals surface area contributed by atoms with Crippen LogP contribution in [0.5, 0.6) is 0 Å². The van der Waals surface area contributed by atoms with Gasteiger partial charge >= 0.3 is 0 Å². The standard InChI is InChI=1S/C16H23ClN4O4S/c1-2-18-15(22)11-19-16(23)12-20-7-9-21(10-8-20)26(24,25)14-5-3-13(17)4-6-14/h3-6H,2,7-12H2,1H3,(H,18,22)(H,19,23). The minimum Gasteiger partial charge on any atom is -0.355 e. The number of carbonyl (C=O) groups is 2. The Hall–Kier alpha value is -1.68. The van der Waals surface area contributed by atoms with Crippen molar-refractivity contribution in [3.8, 4) is 0 Å². The lowest BCUT2D eigenvalue weighted by Gasteiger charge is -2.33. The topological polar surface area (TPSA) is 98.8 Å². The van der Waals surface area contributed by atoms with Crippen LogP contribution < -0.4 is 10.6 Å². The average molecular weight is 403 g/mol. The fraction of sp³-hybridized carbons (Fsp3) is 0.500. The Labute approximate surface area is 158 Å². The Morgan fingerprint density at radius 3 is 2.23 bits per heavy atom. The molecule has 2 rings (SSSR count). The highest BCUT2D eigenvalue weighted by Crippen LogP contribution is 2.19. The third kappa shape index (κ3) is 5.66. The zero-order valence-electron chi connectivity index (χ0n) is 14.6. The molecule has 144 valence electrons. The Balaban J connectivity index is 1.82. The molecule has 1 aromatic rings. The van der Waals surface area contributed by atoms with Gasteiger partial charge in [0.25, 0.3) is 0 Å². The van der Waals surface area contributed by atoms with Gasteiger partial charge in [0.2, 0.25) is 21.8 Å². The number of sulfonamides is 1. The van der Waals surface area contributed by atoms with Gasteiger partial charge in [0, 0.05) is 37.7 Å². The van der Waals surface area contributed by atoms with Crippen molar-refractivity contribution in [2.75, 3.05) is 45.8 Å². The molecule has 8 nitrogen and oxygen atoms in total. The highest BCUT2D eigenvalue weighted by atomic mass is 35.5. The first-order valence-electron chi connectivity index (χ1n) is 8.34. The molecule has 2 amide bonds. The monoisotopic (exact) mass is 402 g/mol. The highest BCUT2D eigenvalue weighted by molar-refractivity contribution is 7.89. The summed E-state index contributed by atoms with van der Waals surface area (Å²) in [6, 6.07) is 6.06. The van der Waals surface area contributed by atoms with Crippen LogP contribution in [0.1, 0.15) is 6.92 Å². The van der Waals surface area contributed by atoms with Gasteiger partial charge in [0.1, 0.15) is 0 Å². The molecular formula is C16H23ClN4O4S. The number of rotatable bonds is 7. The summed E-state index contributed by atoms with van der Waals surface area (Å²) < 4.78 is 26.6. The number of nitrogens with zero attached hydrogens (tertiary/aromatic N) is 2. The molecule has 1 fully saturated rings. The molecule has 0 spiro atoms. The van der Waals surface area contributed by atoms with E-state index in [1.165, 1.54) is 16.4 Å². The SMILES string of the molecule is CCNC(=O)CNC(=O)CN1CCN(S(=O)(=O)c2ccc(Cl)cc2)CC1. The molecule has 0 unspecified atom stereocenters. The molecule has 1 saturated heterocycles. The molecule has 0 aliphatic carbocycles. The van der Waals surface area contributed by atoms with Gasteiger partial charge in [-0.2, -0.15) is 4.31 Å². The summed E-state index contributed by atoms with van der Waals surface area (Å²) >= 11 is 5.80. The largest absolute Gasteiger partial charge is 0.355 e. The van der Waals surface area contributed by atoms with E-state index in [4.69, 9.17) is 11.6 Å². The van der Waals surface area contributed by atoms with E-state index in [2.05, 4.69) is 10.6 Å². The summed E-state index contributed by atoms with van der Waals surface area (Å²) in [5.74, 6) is -0.495. The fourth-order valence-electron chi connectivity index (χ4n) is 2.58. The zero-order chi connectivity index (χ0) is 19.2. The Bertz CT molecular complexity index is 731. The molecule has 10 heteroatoms. The molecule has 26 heavy (non-hydrogen) atoms. The summed E-state index contributed by atoms with van der Waals surface area (Å²) in [4.78, 5) is 25.3. The van der Waals surface area contributed by atoms with Crippen molar-refractivity contribution >= 4 is 33.4 Å². The molecule has 1 heterocycles. The van der Waals surface area contributed by atoms with Crippen molar-refractivity contribution in [3.63, 3.8) is 0 Å². The van der Waals surface area contributed by atoms with Crippen LogP contribution in [0.3, 0.4) is 0 Å². The molecule has 0 bridgehead atoms. The molecule has 1 aliphatic rings. The van der Waals surface area contributed by atoms with Gasteiger partial charge in [-0.1, -0.05) is 11.6 Å². The summed E-state index contributed by atoms with van der Waals surface area (Å²) in [5, 5.41) is 5.63. The predicted octanol–water partition coefficient (Wildman–Crippen LogP) is -0.101.